The van der Waals surface area contributed by atoms with E-state index in [9.17, 15) is 18.0 Å². The van der Waals surface area contributed by atoms with Gasteiger partial charge in [-0.1, -0.05) is 42.6 Å². The lowest BCUT2D eigenvalue weighted by Gasteiger charge is -2.36. The molecule has 0 aromatic heterocycles. The van der Waals surface area contributed by atoms with Crippen molar-refractivity contribution in [3.63, 3.8) is 0 Å². The molecule has 0 atom stereocenters. The zero-order valence-electron chi connectivity index (χ0n) is 18.5. The average Bonchev–Trinajstić information content (AvgIpc) is 3.14. The zero-order valence-corrected chi connectivity index (χ0v) is 20.0. The smallest absolute Gasteiger partial charge is 0.282 e. The number of hydrogen-bond donors (Lipinski definition) is 0. The number of piperazine rings is 1. The van der Waals surface area contributed by atoms with Gasteiger partial charge < -0.3 is 4.90 Å². The van der Waals surface area contributed by atoms with Crippen LogP contribution in [-0.4, -0.2) is 72.9 Å². The second-order valence-electron chi connectivity index (χ2n) is 8.39. The van der Waals surface area contributed by atoms with Crippen LogP contribution in [0.5, 0.6) is 0 Å². The molecular formula is C24H28ClN3O4S. The van der Waals surface area contributed by atoms with Crippen molar-refractivity contribution in [3.8, 4) is 0 Å². The molecule has 0 radical (unpaired) electrons. The van der Waals surface area contributed by atoms with Crippen molar-refractivity contribution >= 4 is 33.5 Å². The molecule has 0 saturated carbocycles. The Labute approximate surface area is 200 Å². The van der Waals surface area contributed by atoms with Gasteiger partial charge in [0, 0.05) is 55.4 Å². The quantitative estimate of drug-likeness (QED) is 0.603. The topological polar surface area (TPSA) is 78.0 Å². The first kappa shape index (κ1) is 23.9. The molecule has 2 aromatic rings. The highest BCUT2D eigenvalue weighted by Gasteiger charge is 2.34. The Balaban J connectivity index is 1.46. The lowest BCUT2D eigenvalue weighted by molar-refractivity contribution is 0.0690. The second kappa shape index (κ2) is 10.3. The van der Waals surface area contributed by atoms with E-state index in [1.54, 1.807) is 57.7 Å². The minimum Gasteiger partial charge on any atom is -0.336 e. The molecule has 1 amide bonds. The van der Waals surface area contributed by atoms with Crippen LogP contribution in [0.4, 0.5) is 0 Å². The number of carbonyl (C=O) groups is 2. The number of halogens is 1. The number of rotatable bonds is 5. The molecule has 176 valence electrons. The standard InChI is InChI=1S/C24H28ClN3O4S/c25-20-11-9-19(10-12-20)23(29)21-7-3-4-8-22(21)24(30)26-15-17-28(18-16-26)33(31,32)27-13-5-1-2-6-14-27/h3-4,7-12H,1-2,5-6,13-18H2. The summed E-state index contributed by atoms with van der Waals surface area (Å²) in [7, 11) is -3.52. The Hall–Kier alpha value is -2.26. The second-order valence-corrected chi connectivity index (χ2v) is 10.8. The first-order chi connectivity index (χ1) is 15.9. The molecule has 2 aliphatic heterocycles. The summed E-state index contributed by atoms with van der Waals surface area (Å²) >= 11 is 5.93. The summed E-state index contributed by atoms with van der Waals surface area (Å²) in [5.41, 5.74) is 1.10. The maximum Gasteiger partial charge on any atom is 0.282 e. The third-order valence-corrected chi connectivity index (χ3v) is 8.54. The Morgan fingerprint density at radius 2 is 1.24 bits per heavy atom. The summed E-state index contributed by atoms with van der Waals surface area (Å²) in [5.74, 6) is -0.516. The predicted molar refractivity (Wildman–Crippen MR) is 128 cm³/mol. The van der Waals surface area contributed by atoms with Gasteiger partial charge in [0.15, 0.2) is 5.78 Å². The summed E-state index contributed by atoms with van der Waals surface area (Å²) in [6.45, 7) is 2.18. The molecule has 33 heavy (non-hydrogen) atoms. The molecule has 9 heteroatoms. The van der Waals surface area contributed by atoms with E-state index in [2.05, 4.69) is 0 Å². The highest BCUT2D eigenvalue weighted by Crippen LogP contribution is 2.21. The normalized spacial score (nSPS) is 18.6. The molecule has 2 aliphatic rings. The van der Waals surface area contributed by atoms with E-state index in [0.29, 0.717) is 34.8 Å². The third-order valence-electron chi connectivity index (χ3n) is 6.25. The van der Waals surface area contributed by atoms with Gasteiger partial charge in [0.1, 0.15) is 0 Å². The molecule has 2 heterocycles. The molecule has 2 aromatic carbocycles. The van der Waals surface area contributed by atoms with Gasteiger partial charge in [-0.15, -0.1) is 0 Å². The Kier molecular flexibility index (Phi) is 7.48. The van der Waals surface area contributed by atoms with Gasteiger partial charge >= 0.3 is 0 Å². The number of carbonyl (C=O) groups excluding carboxylic acids is 2. The highest BCUT2D eigenvalue weighted by atomic mass is 35.5. The Morgan fingerprint density at radius 1 is 0.697 bits per heavy atom. The van der Waals surface area contributed by atoms with Crippen molar-refractivity contribution < 1.29 is 18.0 Å². The molecule has 7 nitrogen and oxygen atoms in total. The van der Waals surface area contributed by atoms with E-state index in [4.69, 9.17) is 11.6 Å². The van der Waals surface area contributed by atoms with Crippen LogP contribution in [0.1, 0.15) is 52.0 Å². The highest BCUT2D eigenvalue weighted by molar-refractivity contribution is 7.86. The Bertz CT molecular complexity index is 1100. The van der Waals surface area contributed by atoms with Crippen LogP contribution in [0.3, 0.4) is 0 Å². The van der Waals surface area contributed by atoms with Crippen LogP contribution in [0.25, 0.3) is 0 Å². The van der Waals surface area contributed by atoms with Crippen LogP contribution >= 0.6 is 11.6 Å². The van der Waals surface area contributed by atoms with Crippen LogP contribution in [-0.2, 0) is 10.2 Å². The molecule has 0 N–H and O–H groups in total. The van der Waals surface area contributed by atoms with E-state index in [1.807, 2.05) is 0 Å². The van der Waals surface area contributed by atoms with Gasteiger partial charge in [0.25, 0.3) is 16.1 Å². The van der Waals surface area contributed by atoms with Gasteiger partial charge in [-0.2, -0.15) is 17.0 Å². The Morgan fingerprint density at radius 3 is 1.85 bits per heavy atom. The first-order valence-electron chi connectivity index (χ1n) is 11.3. The van der Waals surface area contributed by atoms with Gasteiger partial charge in [0.05, 0.1) is 5.56 Å². The van der Waals surface area contributed by atoms with Crippen molar-refractivity contribution in [1.82, 2.24) is 13.5 Å². The van der Waals surface area contributed by atoms with Crippen LogP contribution in [0, 0.1) is 0 Å². The van der Waals surface area contributed by atoms with Gasteiger partial charge in [0.2, 0.25) is 0 Å². The van der Waals surface area contributed by atoms with Crippen molar-refractivity contribution in [2.75, 3.05) is 39.3 Å². The van der Waals surface area contributed by atoms with Crippen molar-refractivity contribution in [2.45, 2.75) is 25.7 Å². The van der Waals surface area contributed by atoms with Crippen molar-refractivity contribution in [3.05, 3.63) is 70.2 Å². The van der Waals surface area contributed by atoms with Crippen molar-refractivity contribution in [1.29, 1.82) is 0 Å². The number of benzene rings is 2. The van der Waals surface area contributed by atoms with Crippen LogP contribution in [0.15, 0.2) is 48.5 Å². The summed E-state index contributed by atoms with van der Waals surface area (Å²) in [6.07, 6.45) is 3.89. The van der Waals surface area contributed by atoms with E-state index in [-0.39, 0.29) is 37.9 Å². The summed E-state index contributed by atoms with van der Waals surface area (Å²) in [4.78, 5) is 28.0. The first-order valence-corrected chi connectivity index (χ1v) is 13.1. The zero-order chi connectivity index (χ0) is 23.4. The summed E-state index contributed by atoms with van der Waals surface area (Å²) < 4.78 is 29.2. The molecule has 2 saturated heterocycles. The molecule has 2 fully saturated rings. The summed E-state index contributed by atoms with van der Waals surface area (Å²) in [6, 6.07) is 13.3. The predicted octanol–water partition coefficient (Wildman–Crippen LogP) is 3.45. The van der Waals surface area contributed by atoms with E-state index < -0.39 is 10.2 Å². The maximum atomic E-state index is 13.3. The minimum atomic E-state index is -3.52. The lowest BCUT2D eigenvalue weighted by atomic mass is 9.97. The third kappa shape index (κ3) is 5.30. The van der Waals surface area contributed by atoms with Gasteiger partial charge in [-0.05, 0) is 43.2 Å². The molecule has 4 rings (SSSR count). The maximum absolute atomic E-state index is 13.3. The molecule has 0 bridgehead atoms. The number of amides is 1. The van der Waals surface area contributed by atoms with Crippen molar-refractivity contribution in [2.24, 2.45) is 0 Å². The fourth-order valence-electron chi connectivity index (χ4n) is 4.35. The van der Waals surface area contributed by atoms with Crippen LogP contribution < -0.4 is 0 Å². The average molecular weight is 490 g/mol. The molecule has 0 spiro atoms. The monoisotopic (exact) mass is 489 g/mol. The van der Waals surface area contributed by atoms with Gasteiger partial charge in [-0.25, -0.2) is 0 Å². The number of nitrogens with zero attached hydrogens (tertiary/aromatic N) is 3. The minimum absolute atomic E-state index is 0.248. The molecular weight excluding hydrogens is 462 g/mol. The van der Waals surface area contributed by atoms with E-state index in [1.165, 1.54) is 4.31 Å². The summed E-state index contributed by atoms with van der Waals surface area (Å²) in [5, 5.41) is 0.531. The fraction of sp³-hybridized carbons (Fsp3) is 0.417. The molecule has 0 aliphatic carbocycles. The SMILES string of the molecule is O=C(c1ccc(Cl)cc1)c1ccccc1C(=O)N1CCN(S(=O)(=O)N2CCCCCC2)CC1. The van der Waals surface area contributed by atoms with E-state index in [0.717, 1.165) is 25.7 Å². The number of ketones is 1. The molecule has 0 unspecified atom stereocenters. The lowest BCUT2D eigenvalue weighted by Crippen LogP contribution is -2.54. The van der Waals surface area contributed by atoms with Crippen LogP contribution in [0.2, 0.25) is 5.02 Å². The van der Waals surface area contributed by atoms with Gasteiger partial charge in [-0.3, -0.25) is 9.59 Å². The fourth-order valence-corrected chi connectivity index (χ4v) is 6.15. The largest absolute Gasteiger partial charge is 0.336 e. The number of hydrogen-bond acceptors (Lipinski definition) is 4. The van der Waals surface area contributed by atoms with E-state index >= 15 is 0 Å².